The Morgan fingerprint density at radius 3 is 2.43 bits per heavy atom. The van der Waals surface area contributed by atoms with Crippen molar-refractivity contribution in [2.75, 3.05) is 32.8 Å². The number of carbonyl (C=O) groups excluding carboxylic acids is 3. The largest absolute Gasteiger partial charge is 0.466 e. The second-order valence-corrected chi connectivity index (χ2v) is 9.84. The maximum Gasteiger partial charge on any atom is 0.309 e. The molecule has 1 aromatic rings. The number of thiophene rings is 1. The van der Waals surface area contributed by atoms with E-state index in [2.05, 4.69) is 0 Å². The molecule has 0 spiro atoms. The van der Waals surface area contributed by atoms with Gasteiger partial charge in [0.15, 0.2) is 0 Å². The van der Waals surface area contributed by atoms with Gasteiger partial charge < -0.3 is 14.5 Å². The summed E-state index contributed by atoms with van der Waals surface area (Å²) in [5, 5.41) is 0. The normalized spacial score (nSPS) is 22.5. The Hall–Kier alpha value is -1.89. The fourth-order valence-electron chi connectivity index (χ4n) is 4.95. The van der Waals surface area contributed by atoms with Crippen molar-refractivity contribution in [1.29, 1.82) is 0 Å². The van der Waals surface area contributed by atoms with Crippen LogP contribution < -0.4 is 0 Å². The van der Waals surface area contributed by atoms with E-state index in [1.807, 2.05) is 22.8 Å². The summed E-state index contributed by atoms with van der Waals surface area (Å²) < 4.78 is 5.13. The molecule has 0 radical (unpaired) electrons. The number of carbonyl (C=O) groups is 3. The van der Waals surface area contributed by atoms with Gasteiger partial charge in [-0.05, 0) is 69.9 Å². The Kier molecular flexibility index (Phi) is 6.76. The molecule has 164 valence electrons. The van der Waals surface area contributed by atoms with Gasteiger partial charge in [0.25, 0.3) is 5.91 Å². The minimum absolute atomic E-state index is 0.0100. The van der Waals surface area contributed by atoms with E-state index in [1.165, 1.54) is 16.9 Å². The van der Waals surface area contributed by atoms with Crippen molar-refractivity contribution in [3.05, 3.63) is 21.4 Å². The number of hydrogen-bond donors (Lipinski definition) is 0. The molecule has 7 heteroatoms. The lowest BCUT2D eigenvalue weighted by molar-refractivity contribution is -0.151. The summed E-state index contributed by atoms with van der Waals surface area (Å²) in [6, 6.07) is 2.05. The van der Waals surface area contributed by atoms with Crippen molar-refractivity contribution in [1.82, 2.24) is 9.80 Å². The van der Waals surface area contributed by atoms with Crippen LogP contribution in [0.15, 0.2) is 6.07 Å². The van der Waals surface area contributed by atoms with Crippen LogP contribution in [0.3, 0.4) is 0 Å². The van der Waals surface area contributed by atoms with Crippen molar-refractivity contribution in [3.8, 4) is 0 Å². The summed E-state index contributed by atoms with van der Waals surface area (Å²) in [4.78, 5) is 43.9. The van der Waals surface area contributed by atoms with Gasteiger partial charge in [0.05, 0.1) is 17.4 Å². The zero-order valence-corrected chi connectivity index (χ0v) is 18.7. The van der Waals surface area contributed by atoms with Crippen LogP contribution in [0.4, 0.5) is 0 Å². The molecule has 3 heterocycles. The Labute approximate surface area is 182 Å². The zero-order chi connectivity index (χ0) is 21.1. The van der Waals surface area contributed by atoms with Crippen LogP contribution in [0.2, 0.25) is 0 Å². The number of fused-ring (bicyclic) bond motifs is 1. The highest BCUT2D eigenvalue weighted by molar-refractivity contribution is 7.14. The number of nitrogens with zero attached hydrogens (tertiary/aromatic N) is 2. The maximum atomic E-state index is 13.1. The molecule has 0 aromatic carbocycles. The smallest absolute Gasteiger partial charge is 0.309 e. The van der Waals surface area contributed by atoms with E-state index in [-0.39, 0.29) is 29.6 Å². The minimum Gasteiger partial charge on any atom is -0.466 e. The molecule has 30 heavy (non-hydrogen) atoms. The topological polar surface area (TPSA) is 66.9 Å². The molecule has 1 atom stereocenters. The first-order chi connectivity index (χ1) is 14.6. The van der Waals surface area contributed by atoms with Gasteiger partial charge in [0.2, 0.25) is 5.91 Å². The number of aryl methyl sites for hydroxylation is 1. The lowest BCUT2D eigenvalue weighted by Crippen LogP contribution is -2.44. The van der Waals surface area contributed by atoms with Crippen molar-refractivity contribution >= 4 is 29.1 Å². The lowest BCUT2D eigenvalue weighted by Gasteiger charge is -2.34. The molecule has 0 N–H and O–H groups in total. The highest BCUT2D eigenvalue weighted by Crippen LogP contribution is 2.34. The van der Waals surface area contributed by atoms with Gasteiger partial charge in [0, 0.05) is 37.0 Å². The molecule has 6 nitrogen and oxygen atoms in total. The van der Waals surface area contributed by atoms with Gasteiger partial charge in [-0.2, -0.15) is 0 Å². The van der Waals surface area contributed by atoms with Crippen LogP contribution in [0.5, 0.6) is 0 Å². The first kappa shape index (κ1) is 21.3. The molecule has 2 fully saturated rings. The fraction of sp³-hybridized carbons (Fsp3) is 0.696. The Bertz CT molecular complexity index is 791. The standard InChI is InChI=1S/C23H32N2O4S/c1-2-29-23(28)16-8-12-25(13-9-16)21(26)17-6-7-19-18(14-17)15-20(30-19)22(27)24-10-4-3-5-11-24/h15-17H,2-14H2,1H3/t17-/m0/s1. The number of hydrogen-bond acceptors (Lipinski definition) is 5. The molecule has 0 bridgehead atoms. The molecule has 2 saturated heterocycles. The quantitative estimate of drug-likeness (QED) is 0.685. The van der Waals surface area contributed by atoms with E-state index in [0.717, 1.165) is 50.1 Å². The molecule has 0 unspecified atom stereocenters. The Balaban J connectivity index is 1.34. The molecule has 1 aliphatic carbocycles. The third kappa shape index (κ3) is 4.56. The number of amides is 2. The molecule has 0 saturated carbocycles. The summed E-state index contributed by atoms with van der Waals surface area (Å²) in [7, 11) is 0. The molecular weight excluding hydrogens is 400 g/mol. The van der Waals surface area contributed by atoms with E-state index in [1.54, 1.807) is 11.3 Å². The van der Waals surface area contributed by atoms with Gasteiger partial charge in [-0.15, -0.1) is 11.3 Å². The van der Waals surface area contributed by atoms with Crippen LogP contribution >= 0.6 is 11.3 Å². The summed E-state index contributed by atoms with van der Waals surface area (Å²) >= 11 is 1.63. The molecule has 2 aliphatic heterocycles. The second-order valence-electron chi connectivity index (χ2n) is 8.70. The SMILES string of the molecule is CCOC(=O)C1CCN(C(=O)[C@H]2CCc3sc(C(=O)N4CCCCC4)cc3C2)CC1. The third-order valence-corrected chi connectivity index (χ3v) is 7.94. The maximum absolute atomic E-state index is 13.1. The summed E-state index contributed by atoms with van der Waals surface area (Å²) in [5.41, 5.74) is 1.19. The number of piperidine rings is 2. The molecule has 2 amide bonds. The molecule has 1 aromatic heterocycles. The van der Waals surface area contributed by atoms with Crippen LogP contribution in [0.25, 0.3) is 0 Å². The van der Waals surface area contributed by atoms with E-state index < -0.39 is 0 Å². The van der Waals surface area contributed by atoms with E-state index in [0.29, 0.717) is 32.5 Å². The van der Waals surface area contributed by atoms with Crippen molar-refractivity contribution in [2.24, 2.45) is 11.8 Å². The highest BCUT2D eigenvalue weighted by Gasteiger charge is 2.34. The molecule has 3 aliphatic rings. The Morgan fingerprint density at radius 2 is 1.73 bits per heavy atom. The van der Waals surface area contributed by atoms with Crippen LogP contribution in [0.1, 0.15) is 65.6 Å². The van der Waals surface area contributed by atoms with Crippen molar-refractivity contribution in [2.45, 2.75) is 58.3 Å². The zero-order valence-electron chi connectivity index (χ0n) is 17.9. The van der Waals surface area contributed by atoms with Gasteiger partial charge in [-0.25, -0.2) is 0 Å². The number of likely N-dealkylation sites (tertiary alicyclic amines) is 2. The van der Waals surface area contributed by atoms with Gasteiger partial charge in [-0.1, -0.05) is 0 Å². The van der Waals surface area contributed by atoms with Crippen LogP contribution in [-0.2, 0) is 27.2 Å². The lowest BCUT2D eigenvalue weighted by atomic mass is 9.86. The van der Waals surface area contributed by atoms with E-state index >= 15 is 0 Å². The number of rotatable bonds is 4. The monoisotopic (exact) mass is 432 g/mol. The van der Waals surface area contributed by atoms with Crippen molar-refractivity contribution in [3.63, 3.8) is 0 Å². The summed E-state index contributed by atoms with van der Waals surface area (Å²) in [6.45, 7) is 5.23. The number of ether oxygens (including phenoxy) is 1. The first-order valence-electron chi connectivity index (χ1n) is 11.4. The van der Waals surface area contributed by atoms with E-state index in [9.17, 15) is 14.4 Å². The average Bonchev–Trinajstić information content (AvgIpc) is 3.22. The predicted octanol–water partition coefficient (Wildman–Crippen LogP) is 3.28. The Morgan fingerprint density at radius 1 is 1.00 bits per heavy atom. The van der Waals surface area contributed by atoms with Gasteiger partial charge >= 0.3 is 5.97 Å². The second kappa shape index (κ2) is 9.50. The van der Waals surface area contributed by atoms with Crippen molar-refractivity contribution < 1.29 is 19.1 Å². The van der Waals surface area contributed by atoms with Crippen LogP contribution in [-0.4, -0.2) is 60.4 Å². The minimum atomic E-state index is -0.129. The van der Waals surface area contributed by atoms with Gasteiger partial charge in [0.1, 0.15) is 0 Å². The molecule has 4 rings (SSSR count). The highest BCUT2D eigenvalue weighted by atomic mass is 32.1. The predicted molar refractivity (Wildman–Crippen MR) is 116 cm³/mol. The average molecular weight is 433 g/mol. The van der Waals surface area contributed by atoms with E-state index in [4.69, 9.17) is 4.74 Å². The number of esters is 1. The third-order valence-electron chi connectivity index (χ3n) is 6.71. The first-order valence-corrected chi connectivity index (χ1v) is 12.2. The van der Waals surface area contributed by atoms with Crippen LogP contribution in [0, 0.1) is 11.8 Å². The van der Waals surface area contributed by atoms with Gasteiger partial charge in [-0.3, -0.25) is 14.4 Å². The molecular formula is C23H32N2O4S. The summed E-state index contributed by atoms with van der Waals surface area (Å²) in [6.07, 6.45) is 7.25. The summed E-state index contributed by atoms with van der Waals surface area (Å²) in [5.74, 6) is 0.156. The fourth-order valence-corrected chi connectivity index (χ4v) is 6.12.